The van der Waals surface area contributed by atoms with Crippen molar-refractivity contribution in [3.05, 3.63) is 83.0 Å². The Bertz CT molecular complexity index is 1520. The van der Waals surface area contributed by atoms with E-state index in [-0.39, 0.29) is 17.9 Å². The molecule has 1 saturated heterocycles. The summed E-state index contributed by atoms with van der Waals surface area (Å²) in [7, 11) is 2.98. The molecule has 5 rings (SSSR count). The number of amides is 1. The van der Waals surface area contributed by atoms with Crippen molar-refractivity contribution >= 4 is 34.4 Å². The zero-order valence-corrected chi connectivity index (χ0v) is 23.5. The predicted molar refractivity (Wildman–Crippen MR) is 155 cm³/mol. The molecule has 3 aromatic carbocycles. The number of ether oxygens (including phenoxy) is 3. The highest BCUT2D eigenvalue weighted by molar-refractivity contribution is 6.31. The minimum atomic E-state index is -0.497. The number of likely N-dealkylation sites (tertiary alicyclic amines) is 1. The first-order chi connectivity index (χ1) is 19.4. The van der Waals surface area contributed by atoms with Crippen LogP contribution in [0.5, 0.6) is 11.5 Å². The number of methoxy groups -OCH3 is 2. The van der Waals surface area contributed by atoms with E-state index in [1.807, 2.05) is 72.5 Å². The van der Waals surface area contributed by atoms with Gasteiger partial charge in [0, 0.05) is 40.6 Å². The highest BCUT2D eigenvalue weighted by Gasteiger charge is 2.38. The zero-order chi connectivity index (χ0) is 28.2. The van der Waals surface area contributed by atoms with Gasteiger partial charge in [0.2, 0.25) is 0 Å². The number of aromatic amines is 1. The highest BCUT2D eigenvalue weighted by atomic mass is 35.5. The fraction of sp³-hybridized carbons (Fsp3) is 0.290. The average Bonchev–Trinajstić information content (AvgIpc) is 3.54. The molecule has 1 amide bonds. The lowest BCUT2D eigenvalue weighted by atomic mass is 10.0. The fourth-order valence-electron chi connectivity index (χ4n) is 5.38. The van der Waals surface area contributed by atoms with Gasteiger partial charge in [-0.15, -0.1) is 0 Å². The first-order valence-corrected chi connectivity index (χ1v) is 13.6. The van der Waals surface area contributed by atoms with Crippen molar-refractivity contribution in [2.24, 2.45) is 0 Å². The van der Waals surface area contributed by atoms with Crippen molar-refractivity contribution in [3.63, 3.8) is 0 Å². The molecule has 40 heavy (non-hydrogen) atoms. The van der Waals surface area contributed by atoms with Gasteiger partial charge in [0.25, 0.3) is 5.91 Å². The third-order valence-corrected chi connectivity index (χ3v) is 7.41. The molecule has 2 atom stereocenters. The van der Waals surface area contributed by atoms with Crippen LogP contribution in [0, 0.1) is 0 Å². The van der Waals surface area contributed by atoms with E-state index >= 15 is 0 Å². The van der Waals surface area contributed by atoms with Gasteiger partial charge < -0.3 is 24.5 Å². The molecule has 9 heteroatoms. The molecule has 0 radical (unpaired) electrons. The van der Waals surface area contributed by atoms with Gasteiger partial charge >= 0.3 is 5.97 Å². The number of aromatic nitrogens is 1. The largest absolute Gasteiger partial charge is 0.493 e. The minimum Gasteiger partial charge on any atom is -0.493 e. The van der Waals surface area contributed by atoms with E-state index in [2.05, 4.69) is 10.3 Å². The third kappa shape index (κ3) is 5.64. The fourth-order valence-corrected chi connectivity index (χ4v) is 5.56. The molecule has 2 N–H and O–H groups in total. The van der Waals surface area contributed by atoms with E-state index < -0.39 is 6.04 Å². The zero-order valence-electron chi connectivity index (χ0n) is 22.7. The number of hydrogen-bond acceptors (Lipinski definition) is 6. The number of halogens is 1. The van der Waals surface area contributed by atoms with Crippen LogP contribution in [0.2, 0.25) is 5.02 Å². The Hall–Kier alpha value is -4.01. The Morgan fingerprint density at radius 2 is 1.85 bits per heavy atom. The van der Waals surface area contributed by atoms with Gasteiger partial charge in [-0.05, 0) is 54.8 Å². The van der Waals surface area contributed by atoms with Crippen LogP contribution in [-0.2, 0) is 16.1 Å². The first-order valence-electron chi connectivity index (χ1n) is 13.2. The van der Waals surface area contributed by atoms with Gasteiger partial charge in [0.1, 0.15) is 11.7 Å². The maximum Gasteiger partial charge on any atom is 0.323 e. The number of nitrogens with one attached hydrogen (secondary N) is 2. The average molecular weight is 562 g/mol. The Balaban J connectivity index is 1.40. The van der Waals surface area contributed by atoms with Crippen LogP contribution in [0.15, 0.2) is 66.7 Å². The number of esters is 1. The maximum absolute atomic E-state index is 13.7. The van der Waals surface area contributed by atoms with E-state index in [9.17, 15) is 9.59 Å². The quantitative estimate of drug-likeness (QED) is 0.264. The molecule has 208 valence electrons. The van der Waals surface area contributed by atoms with Gasteiger partial charge in [0.15, 0.2) is 11.5 Å². The van der Waals surface area contributed by atoms with E-state index in [0.717, 1.165) is 27.6 Å². The minimum absolute atomic E-state index is 0.246. The second-order valence-electron chi connectivity index (χ2n) is 9.72. The van der Waals surface area contributed by atoms with Gasteiger partial charge in [-0.25, -0.2) is 0 Å². The Morgan fingerprint density at radius 3 is 2.58 bits per heavy atom. The molecule has 1 aliphatic heterocycles. The number of benzene rings is 3. The standard InChI is InChI=1S/C31H32ClN3O5/c1-4-40-27-14-19(10-13-26(27)38-2)17-35-18-22(16-25(35)31(37)39-3)33-30(36)29-28(20-8-6-5-7-9-20)23-15-21(32)11-12-24(23)34-29/h5-15,22,25,34H,4,16-18H2,1-3H3,(H,33,36)/t22-,25-/m0/s1. The second kappa shape index (κ2) is 12.0. The number of hydrogen-bond donors (Lipinski definition) is 2. The van der Waals surface area contributed by atoms with Crippen molar-refractivity contribution in [1.82, 2.24) is 15.2 Å². The van der Waals surface area contributed by atoms with E-state index in [1.54, 1.807) is 13.2 Å². The molecule has 1 aromatic heterocycles. The topological polar surface area (TPSA) is 92.9 Å². The van der Waals surface area contributed by atoms with Crippen LogP contribution in [0.3, 0.4) is 0 Å². The lowest BCUT2D eigenvalue weighted by Gasteiger charge is -2.22. The molecule has 0 saturated carbocycles. The summed E-state index contributed by atoms with van der Waals surface area (Å²) in [6.07, 6.45) is 0.430. The van der Waals surface area contributed by atoms with Crippen molar-refractivity contribution in [1.29, 1.82) is 0 Å². The first kappa shape index (κ1) is 27.6. The molecule has 1 aliphatic rings. The van der Waals surface area contributed by atoms with Crippen molar-refractivity contribution in [3.8, 4) is 22.6 Å². The third-order valence-electron chi connectivity index (χ3n) is 7.18. The molecule has 8 nitrogen and oxygen atoms in total. The summed E-state index contributed by atoms with van der Waals surface area (Å²) in [4.78, 5) is 31.8. The molecule has 4 aromatic rings. The maximum atomic E-state index is 13.7. The molecule has 0 unspecified atom stereocenters. The molecular formula is C31H32ClN3O5. The molecule has 0 spiro atoms. The normalized spacial score (nSPS) is 17.1. The molecule has 2 heterocycles. The SMILES string of the molecule is CCOc1cc(CN2C[C@@H](NC(=O)c3[nH]c4ccc(Cl)cc4c3-c3ccccc3)C[C@H]2C(=O)OC)ccc1OC. The van der Waals surface area contributed by atoms with Crippen LogP contribution in [-0.4, -0.2) is 61.2 Å². The van der Waals surface area contributed by atoms with Crippen LogP contribution in [0.1, 0.15) is 29.4 Å². The summed E-state index contributed by atoms with van der Waals surface area (Å²) in [6.45, 7) is 3.38. The van der Waals surface area contributed by atoms with Crippen LogP contribution >= 0.6 is 11.6 Å². The lowest BCUT2D eigenvalue weighted by molar-refractivity contribution is -0.146. The van der Waals surface area contributed by atoms with Crippen LogP contribution in [0.4, 0.5) is 0 Å². The molecular weight excluding hydrogens is 530 g/mol. The lowest BCUT2D eigenvalue weighted by Crippen LogP contribution is -2.38. The molecule has 0 aliphatic carbocycles. The van der Waals surface area contributed by atoms with Crippen molar-refractivity contribution in [2.45, 2.75) is 32.0 Å². The van der Waals surface area contributed by atoms with Crippen molar-refractivity contribution < 1.29 is 23.8 Å². The number of rotatable bonds is 9. The number of fused-ring (bicyclic) bond motifs is 1. The predicted octanol–water partition coefficient (Wildman–Crippen LogP) is 5.44. The number of H-pyrrole nitrogens is 1. The highest BCUT2D eigenvalue weighted by Crippen LogP contribution is 2.35. The number of nitrogens with zero attached hydrogens (tertiary/aromatic N) is 1. The van der Waals surface area contributed by atoms with Crippen LogP contribution in [0.25, 0.3) is 22.0 Å². The summed E-state index contributed by atoms with van der Waals surface area (Å²) in [6, 6.07) is 20.2. The summed E-state index contributed by atoms with van der Waals surface area (Å²) in [5.74, 6) is 0.717. The van der Waals surface area contributed by atoms with Gasteiger partial charge in [-0.2, -0.15) is 0 Å². The molecule has 1 fully saturated rings. The van der Waals surface area contributed by atoms with E-state index in [1.165, 1.54) is 7.11 Å². The summed E-state index contributed by atoms with van der Waals surface area (Å²) in [5.41, 5.74) is 3.93. The summed E-state index contributed by atoms with van der Waals surface area (Å²) >= 11 is 6.31. The Morgan fingerprint density at radius 1 is 1.05 bits per heavy atom. The number of carbonyl (C=O) groups is 2. The molecule has 0 bridgehead atoms. The van der Waals surface area contributed by atoms with Crippen LogP contribution < -0.4 is 14.8 Å². The summed E-state index contributed by atoms with van der Waals surface area (Å²) < 4.78 is 16.2. The second-order valence-corrected chi connectivity index (χ2v) is 10.2. The Kier molecular flexibility index (Phi) is 8.28. The smallest absolute Gasteiger partial charge is 0.323 e. The van der Waals surface area contributed by atoms with E-state index in [0.29, 0.717) is 48.3 Å². The van der Waals surface area contributed by atoms with Gasteiger partial charge in [-0.1, -0.05) is 48.0 Å². The monoisotopic (exact) mass is 561 g/mol. The van der Waals surface area contributed by atoms with Gasteiger partial charge in [0.05, 0.1) is 20.8 Å². The summed E-state index contributed by atoms with van der Waals surface area (Å²) in [5, 5.41) is 4.62. The van der Waals surface area contributed by atoms with E-state index in [4.69, 9.17) is 25.8 Å². The van der Waals surface area contributed by atoms with Crippen molar-refractivity contribution in [2.75, 3.05) is 27.4 Å². The van der Waals surface area contributed by atoms with Gasteiger partial charge in [-0.3, -0.25) is 14.5 Å². The number of carbonyl (C=O) groups excluding carboxylic acids is 2. The Labute approximate surface area is 238 Å².